The number of rotatable bonds is 1. The van der Waals surface area contributed by atoms with Gasteiger partial charge in [-0.1, -0.05) is 60.1 Å². The van der Waals surface area contributed by atoms with E-state index in [-0.39, 0.29) is 0 Å². The number of halogens is 1. The first-order valence-electron chi connectivity index (χ1n) is 6.73. The van der Waals surface area contributed by atoms with E-state index in [0.717, 1.165) is 27.7 Å². The van der Waals surface area contributed by atoms with E-state index in [1.807, 2.05) is 42.5 Å². The smallest absolute Gasteiger partial charge is 0.129 e. The lowest BCUT2D eigenvalue weighted by Gasteiger charge is -2.09. The maximum absolute atomic E-state index is 6.03. The van der Waals surface area contributed by atoms with Crippen LogP contribution in [0.5, 0.6) is 0 Å². The Balaban J connectivity index is 2.16. The Bertz CT molecular complexity index is 963. The summed E-state index contributed by atoms with van der Waals surface area (Å²) in [5, 5.41) is 3.90. The van der Waals surface area contributed by atoms with Crippen molar-refractivity contribution in [1.82, 2.24) is 9.97 Å². The van der Waals surface area contributed by atoms with Gasteiger partial charge in [0, 0.05) is 10.8 Å². The van der Waals surface area contributed by atoms with Crippen LogP contribution in [0.15, 0.2) is 66.7 Å². The van der Waals surface area contributed by atoms with Crippen molar-refractivity contribution in [3.8, 4) is 11.4 Å². The van der Waals surface area contributed by atoms with Crippen LogP contribution in [0.3, 0.4) is 0 Å². The summed E-state index contributed by atoms with van der Waals surface area (Å²) in [6.07, 6.45) is 0. The average Bonchev–Trinajstić information content (AvgIpc) is 2.54. The molecule has 0 spiro atoms. The predicted molar refractivity (Wildman–Crippen MR) is 87.5 cm³/mol. The van der Waals surface area contributed by atoms with Crippen LogP contribution in [0, 0.1) is 0 Å². The first-order valence-corrected chi connectivity index (χ1v) is 7.11. The summed E-state index contributed by atoms with van der Waals surface area (Å²) in [5.41, 5.74) is 2.63. The second-order valence-electron chi connectivity index (χ2n) is 4.87. The average molecular weight is 291 g/mol. The van der Waals surface area contributed by atoms with Gasteiger partial charge in [-0.3, -0.25) is 0 Å². The molecule has 2 heterocycles. The summed E-state index contributed by atoms with van der Waals surface area (Å²) in [5.74, 6) is 0. The fourth-order valence-electron chi connectivity index (χ4n) is 2.64. The third-order valence-corrected chi connectivity index (χ3v) is 3.78. The second-order valence-corrected chi connectivity index (χ2v) is 5.26. The van der Waals surface area contributed by atoms with Crippen molar-refractivity contribution >= 4 is 33.3 Å². The van der Waals surface area contributed by atoms with Gasteiger partial charge in [0.1, 0.15) is 5.15 Å². The summed E-state index contributed by atoms with van der Waals surface area (Å²) in [6.45, 7) is 0. The highest BCUT2D eigenvalue weighted by atomic mass is 35.5. The molecule has 0 aliphatic carbocycles. The van der Waals surface area contributed by atoms with Gasteiger partial charge in [0.2, 0.25) is 0 Å². The Kier molecular flexibility index (Phi) is 2.83. The van der Waals surface area contributed by atoms with Crippen molar-refractivity contribution in [2.75, 3.05) is 0 Å². The number of benzene rings is 2. The fourth-order valence-corrected chi connectivity index (χ4v) is 2.80. The molecule has 0 saturated heterocycles. The van der Waals surface area contributed by atoms with Gasteiger partial charge >= 0.3 is 0 Å². The van der Waals surface area contributed by atoms with E-state index in [2.05, 4.69) is 23.2 Å². The zero-order valence-corrected chi connectivity index (χ0v) is 11.9. The van der Waals surface area contributed by atoms with Gasteiger partial charge in [-0.15, -0.1) is 0 Å². The van der Waals surface area contributed by atoms with Crippen LogP contribution in [-0.2, 0) is 0 Å². The Morgan fingerprint density at radius 2 is 1.33 bits per heavy atom. The lowest BCUT2D eigenvalue weighted by atomic mass is 10.0. The van der Waals surface area contributed by atoms with Crippen molar-refractivity contribution < 1.29 is 0 Å². The molecule has 3 heteroatoms. The second kappa shape index (κ2) is 4.83. The molecule has 0 fully saturated rings. The molecule has 0 bridgehead atoms. The van der Waals surface area contributed by atoms with E-state index in [1.165, 1.54) is 5.39 Å². The fraction of sp³-hybridized carbons (Fsp3) is 0. The first kappa shape index (κ1) is 12.3. The summed E-state index contributed by atoms with van der Waals surface area (Å²) >= 11 is 6.03. The Morgan fingerprint density at radius 3 is 2.14 bits per heavy atom. The molecule has 0 radical (unpaired) electrons. The van der Waals surface area contributed by atoms with Crippen molar-refractivity contribution in [3.63, 3.8) is 0 Å². The van der Waals surface area contributed by atoms with Crippen LogP contribution < -0.4 is 0 Å². The topological polar surface area (TPSA) is 25.8 Å². The zero-order valence-electron chi connectivity index (χ0n) is 11.1. The third-order valence-electron chi connectivity index (χ3n) is 3.57. The summed E-state index contributed by atoms with van der Waals surface area (Å²) in [6, 6.07) is 22.0. The molecular formula is C18H11ClN2. The molecule has 0 amide bonds. The predicted octanol–water partition coefficient (Wildman–Crippen LogP) is 5.10. The quantitative estimate of drug-likeness (QED) is 0.360. The molecule has 4 rings (SSSR count). The van der Waals surface area contributed by atoms with Crippen molar-refractivity contribution in [2.45, 2.75) is 0 Å². The highest BCUT2D eigenvalue weighted by Gasteiger charge is 2.10. The van der Waals surface area contributed by atoms with E-state index >= 15 is 0 Å². The molecule has 0 aliphatic rings. The van der Waals surface area contributed by atoms with Crippen LogP contribution in [-0.4, -0.2) is 9.97 Å². The van der Waals surface area contributed by atoms with E-state index in [1.54, 1.807) is 6.07 Å². The van der Waals surface area contributed by atoms with Crippen LogP contribution in [0.25, 0.3) is 33.1 Å². The molecule has 4 aromatic rings. The molecule has 2 aromatic heterocycles. The van der Waals surface area contributed by atoms with E-state index in [4.69, 9.17) is 16.6 Å². The normalized spacial score (nSPS) is 11.1. The number of fused-ring (bicyclic) bond motifs is 3. The maximum Gasteiger partial charge on any atom is 0.129 e. The van der Waals surface area contributed by atoms with Gasteiger partial charge < -0.3 is 0 Å². The van der Waals surface area contributed by atoms with Crippen LogP contribution in [0.1, 0.15) is 0 Å². The minimum absolute atomic E-state index is 0.478. The lowest BCUT2D eigenvalue weighted by molar-refractivity contribution is 1.29. The molecule has 0 N–H and O–H groups in total. The van der Waals surface area contributed by atoms with Gasteiger partial charge in [0.05, 0.1) is 16.9 Å². The van der Waals surface area contributed by atoms with E-state index in [0.29, 0.717) is 5.15 Å². The molecule has 0 atom stereocenters. The standard InChI is InChI=1S/C18H11ClN2/c19-17-11-5-10-16(20-17)18-14-8-2-1-6-12(14)13-7-3-4-9-15(13)21-18/h1-11H. The van der Waals surface area contributed by atoms with Gasteiger partial charge in [-0.25, -0.2) is 9.97 Å². The van der Waals surface area contributed by atoms with Crippen molar-refractivity contribution in [1.29, 1.82) is 0 Å². The third kappa shape index (κ3) is 2.05. The molecule has 2 nitrogen and oxygen atoms in total. The number of hydrogen-bond donors (Lipinski definition) is 0. The maximum atomic E-state index is 6.03. The molecule has 0 saturated carbocycles. The molecular weight excluding hydrogens is 280 g/mol. The van der Waals surface area contributed by atoms with Gasteiger partial charge in [-0.05, 0) is 23.6 Å². The van der Waals surface area contributed by atoms with Gasteiger partial charge in [-0.2, -0.15) is 0 Å². The Morgan fingerprint density at radius 1 is 0.619 bits per heavy atom. The van der Waals surface area contributed by atoms with E-state index in [9.17, 15) is 0 Å². The number of para-hydroxylation sites is 1. The monoisotopic (exact) mass is 290 g/mol. The van der Waals surface area contributed by atoms with Crippen LogP contribution in [0.2, 0.25) is 5.15 Å². The number of nitrogens with zero attached hydrogens (tertiary/aromatic N) is 2. The largest absolute Gasteiger partial charge is 0.245 e. The number of pyridine rings is 2. The van der Waals surface area contributed by atoms with Gasteiger partial charge in [0.25, 0.3) is 0 Å². The highest BCUT2D eigenvalue weighted by Crippen LogP contribution is 2.31. The first-order chi connectivity index (χ1) is 10.3. The van der Waals surface area contributed by atoms with E-state index < -0.39 is 0 Å². The van der Waals surface area contributed by atoms with Gasteiger partial charge in [0.15, 0.2) is 0 Å². The van der Waals surface area contributed by atoms with Crippen molar-refractivity contribution in [3.05, 3.63) is 71.9 Å². The molecule has 21 heavy (non-hydrogen) atoms. The molecule has 2 aromatic carbocycles. The summed E-state index contributed by atoms with van der Waals surface area (Å²) < 4.78 is 0. The lowest BCUT2D eigenvalue weighted by Crippen LogP contribution is -1.91. The molecule has 0 unspecified atom stereocenters. The Labute approximate surface area is 127 Å². The Hall–Kier alpha value is -2.45. The minimum Gasteiger partial charge on any atom is -0.245 e. The highest BCUT2D eigenvalue weighted by molar-refractivity contribution is 6.29. The summed E-state index contributed by atoms with van der Waals surface area (Å²) in [7, 11) is 0. The summed E-state index contributed by atoms with van der Waals surface area (Å²) in [4.78, 5) is 9.20. The molecule has 0 aliphatic heterocycles. The zero-order chi connectivity index (χ0) is 14.2. The molecule has 100 valence electrons. The van der Waals surface area contributed by atoms with Crippen LogP contribution in [0.4, 0.5) is 0 Å². The number of aromatic nitrogens is 2. The minimum atomic E-state index is 0.478. The SMILES string of the molecule is Clc1cccc(-c2nc3ccccc3c3ccccc23)n1. The number of hydrogen-bond acceptors (Lipinski definition) is 2. The van der Waals surface area contributed by atoms with Crippen molar-refractivity contribution in [2.24, 2.45) is 0 Å². The van der Waals surface area contributed by atoms with Crippen LogP contribution >= 0.6 is 11.6 Å².